The van der Waals surface area contributed by atoms with Crippen LogP contribution in [0.15, 0.2) is 29.2 Å². The van der Waals surface area contributed by atoms with Gasteiger partial charge in [-0.05, 0) is 30.9 Å². The Hall–Kier alpha value is -0.380. The molecule has 4 heteroatoms. The summed E-state index contributed by atoms with van der Waals surface area (Å²) in [7, 11) is 0.688. The molecule has 1 fully saturated rings. The Morgan fingerprint density at radius 3 is 2.88 bits per heavy atom. The van der Waals surface area contributed by atoms with Gasteiger partial charge >= 0.3 is 0 Å². The summed E-state index contributed by atoms with van der Waals surface area (Å²) < 4.78 is 17.7. The Bertz CT molecular complexity index is 408. The molecule has 0 N–H and O–H groups in total. The van der Waals surface area contributed by atoms with E-state index in [4.69, 9.17) is 16.3 Å². The SMILES string of the molecule is COC[C@H]1CCC[C@@H]1S(=O)c1ccccc1Cl. The zero-order valence-electron chi connectivity index (χ0n) is 9.90. The van der Waals surface area contributed by atoms with Crippen LogP contribution in [-0.4, -0.2) is 23.2 Å². The molecular weight excluding hydrogens is 256 g/mol. The van der Waals surface area contributed by atoms with Gasteiger partial charge in [-0.2, -0.15) is 0 Å². The summed E-state index contributed by atoms with van der Waals surface area (Å²) >= 11 is 6.10. The fourth-order valence-electron chi connectivity index (χ4n) is 2.46. The van der Waals surface area contributed by atoms with E-state index in [1.165, 1.54) is 0 Å². The van der Waals surface area contributed by atoms with Gasteiger partial charge in [0.1, 0.15) is 0 Å². The third kappa shape index (κ3) is 2.90. The van der Waals surface area contributed by atoms with E-state index < -0.39 is 10.8 Å². The second kappa shape index (κ2) is 5.98. The minimum atomic E-state index is -1.01. The molecule has 1 aliphatic rings. The molecule has 1 aromatic rings. The second-order valence-electron chi connectivity index (χ2n) is 4.41. The minimum Gasteiger partial charge on any atom is -0.384 e. The van der Waals surface area contributed by atoms with Gasteiger partial charge in [-0.3, -0.25) is 4.21 Å². The highest BCUT2D eigenvalue weighted by Gasteiger charge is 2.33. The monoisotopic (exact) mass is 272 g/mol. The van der Waals surface area contributed by atoms with Crippen molar-refractivity contribution in [3.63, 3.8) is 0 Å². The molecule has 0 aromatic heterocycles. The fraction of sp³-hybridized carbons (Fsp3) is 0.538. The van der Waals surface area contributed by atoms with Crippen LogP contribution in [0, 0.1) is 5.92 Å². The third-order valence-electron chi connectivity index (χ3n) is 3.30. The fourth-order valence-corrected chi connectivity index (χ4v) is 4.57. The third-order valence-corrected chi connectivity index (χ3v) is 5.70. The van der Waals surface area contributed by atoms with Crippen molar-refractivity contribution in [1.29, 1.82) is 0 Å². The zero-order valence-corrected chi connectivity index (χ0v) is 11.5. The molecular formula is C13H17ClO2S. The van der Waals surface area contributed by atoms with Crippen LogP contribution < -0.4 is 0 Å². The molecule has 2 rings (SSSR count). The first-order valence-corrected chi connectivity index (χ1v) is 7.47. The Balaban J connectivity index is 2.17. The van der Waals surface area contributed by atoms with Gasteiger partial charge in [0.25, 0.3) is 0 Å². The highest BCUT2D eigenvalue weighted by molar-refractivity contribution is 7.85. The van der Waals surface area contributed by atoms with E-state index in [1.807, 2.05) is 18.2 Å². The summed E-state index contributed by atoms with van der Waals surface area (Å²) in [6.45, 7) is 0.695. The van der Waals surface area contributed by atoms with Crippen molar-refractivity contribution >= 4 is 22.4 Å². The Morgan fingerprint density at radius 1 is 1.41 bits per heavy atom. The molecule has 0 aliphatic heterocycles. The van der Waals surface area contributed by atoms with Gasteiger partial charge in [-0.1, -0.05) is 30.2 Å². The summed E-state index contributed by atoms with van der Waals surface area (Å²) in [5.41, 5.74) is 0. The van der Waals surface area contributed by atoms with Crippen molar-refractivity contribution in [3.8, 4) is 0 Å². The zero-order chi connectivity index (χ0) is 12.3. The molecule has 17 heavy (non-hydrogen) atoms. The number of hydrogen-bond donors (Lipinski definition) is 0. The molecule has 1 saturated carbocycles. The highest BCUT2D eigenvalue weighted by Crippen LogP contribution is 2.34. The number of halogens is 1. The lowest BCUT2D eigenvalue weighted by Gasteiger charge is -2.18. The first kappa shape index (κ1) is 13.1. The molecule has 0 bridgehead atoms. The van der Waals surface area contributed by atoms with E-state index in [0.717, 1.165) is 24.2 Å². The molecule has 0 saturated heterocycles. The topological polar surface area (TPSA) is 26.3 Å². The maximum atomic E-state index is 12.5. The smallest absolute Gasteiger partial charge is 0.0579 e. The lowest BCUT2D eigenvalue weighted by atomic mass is 10.1. The van der Waals surface area contributed by atoms with E-state index in [0.29, 0.717) is 17.5 Å². The van der Waals surface area contributed by atoms with Crippen molar-refractivity contribution in [2.45, 2.75) is 29.4 Å². The Kier molecular flexibility index (Phi) is 4.60. The summed E-state index contributed by atoms with van der Waals surface area (Å²) in [5, 5.41) is 0.795. The Morgan fingerprint density at radius 2 is 2.18 bits per heavy atom. The number of benzene rings is 1. The molecule has 0 radical (unpaired) electrons. The molecule has 1 aliphatic carbocycles. The van der Waals surface area contributed by atoms with Crippen LogP contribution in [0.4, 0.5) is 0 Å². The molecule has 3 atom stereocenters. The summed E-state index contributed by atoms with van der Waals surface area (Å²) in [6.07, 6.45) is 3.25. The van der Waals surface area contributed by atoms with E-state index >= 15 is 0 Å². The quantitative estimate of drug-likeness (QED) is 0.841. The van der Waals surface area contributed by atoms with Crippen molar-refractivity contribution < 1.29 is 8.95 Å². The van der Waals surface area contributed by atoms with E-state index in [2.05, 4.69) is 0 Å². The van der Waals surface area contributed by atoms with E-state index in [9.17, 15) is 4.21 Å². The highest BCUT2D eigenvalue weighted by atomic mass is 35.5. The van der Waals surface area contributed by atoms with Gasteiger partial charge in [0.05, 0.1) is 27.3 Å². The molecule has 1 aromatic carbocycles. The normalized spacial score (nSPS) is 26.0. The Labute approximate surface area is 110 Å². The first-order chi connectivity index (χ1) is 8.24. The van der Waals surface area contributed by atoms with E-state index in [1.54, 1.807) is 13.2 Å². The van der Waals surface area contributed by atoms with Crippen LogP contribution in [0.2, 0.25) is 5.02 Å². The standard InChI is InChI=1S/C13H17ClO2S/c1-16-9-10-5-4-8-12(10)17(15)13-7-3-2-6-11(13)14/h2-3,6-7,10,12H,4-5,8-9H2,1H3/t10-,12+,17?/m1/s1. The molecule has 0 heterocycles. The minimum absolute atomic E-state index is 0.190. The van der Waals surface area contributed by atoms with Crippen molar-refractivity contribution in [1.82, 2.24) is 0 Å². The van der Waals surface area contributed by atoms with Gasteiger partial charge in [0.2, 0.25) is 0 Å². The molecule has 0 amide bonds. The van der Waals surface area contributed by atoms with Crippen LogP contribution in [0.25, 0.3) is 0 Å². The van der Waals surface area contributed by atoms with Crippen molar-refractivity contribution in [2.75, 3.05) is 13.7 Å². The number of rotatable bonds is 4. The lowest BCUT2D eigenvalue weighted by molar-refractivity contribution is 0.156. The number of methoxy groups -OCH3 is 1. The predicted octanol–water partition coefficient (Wildman–Crippen LogP) is 3.26. The maximum absolute atomic E-state index is 12.5. The van der Waals surface area contributed by atoms with Gasteiger partial charge in [-0.25, -0.2) is 0 Å². The molecule has 94 valence electrons. The van der Waals surface area contributed by atoms with Crippen molar-refractivity contribution in [3.05, 3.63) is 29.3 Å². The molecule has 1 unspecified atom stereocenters. The van der Waals surface area contributed by atoms with Crippen LogP contribution in [-0.2, 0) is 15.5 Å². The van der Waals surface area contributed by atoms with Crippen LogP contribution >= 0.6 is 11.6 Å². The number of hydrogen-bond acceptors (Lipinski definition) is 2. The summed E-state index contributed by atoms with van der Waals surface area (Å²) in [6, 6.07) is 7.42. The second-order valence-corrected chi connectivity index (χ2v) is 6.46. The molecule has 0 spiro atoms. The average Bonchev–Trinajstić information content (AvgIpc) is 2.78. The van der Waals surface area contributed by atoms with Gasteiger partial charge in [0, 0.05) is 12.4 Å². The number of ether oxygens (including phenoxy) is 1. The van der Waals surface area contributed by atoms with Crippen LogP contribution in [0.1, 0.15) is 19.3 Å². The predicted molar refractivity (Wildman–Crippen MR) is 70.9 cm³/mol. The van der Waals surface area contributed by atoms with Gasteiger partial charge < -0.3 is 4.74 Å². The maximum Gasteiger partial charge on any atom is 0.0579 e. The summed E-state index contributed by atoms with van der Waals surface area (Å²) in [4.78, 5) is 0.766. The van der Waals surface area contributed by atoms with E-state index in [-0.39, 0.29) is 5.25 Å². The lowest BCUT2D eigenvalue weighted by Crippen LogP contribution is -2.24. The first-order valence-electron chi connectivity index (χ1n) is 5.88. The largest absolute Gasteiger partial charge is 0.384 e. The summed E-state index contributed by atoms with van der Waals surface area (Å²) in [5.74, 6) is 0.400. The van der Waals surface area contributed by atoms with Crippen LogP contribution in [0.3, 0.4) is 0 Å². The van der Waals surface area contributed by atoms with Crippen LogP contribution in [0.5, 0.6) is 0 Å². The van der Waals surface area contributed by atoms with Crippen molar-refractivity contribution in [2.24, 2.45) is 5.92 Å². The average molecular weight is 273 g/mol. The van der Waals surface area contributed by atoms with Gasteiger partial charge in [0.15, 0.2) is 0 Å². The van der Waals surface area contributed by atoms with Gasteiger partial charge in [-0.15, -0.1) is 0 Å². The molecule has 2 nitrogen and oxygen atoms in total.